The van der Waals surface area contributed by atoms with E-state index in [1.54, 1.807) is 0 Å². The molecule has 1 aliphatic heterocycles. The summed E-state index contributed by atoms with van der Waals surface area (Å²) in [4.78, 5) is 37.5. The standard InChI is InChI=1S/C21H23N5O2/c1-14-3-2-8-26(11-14)12-15-4-6-16(7-5-15)25-21(28)18-9-17-19(10-22-18)23-13-24-20(17)27/h4-7,9-10,13-14H,2-3,8,11-12H2,1H3,(H,25,28)(H,23,24,27). The first kappa shape index (κ1) is 18.3. The molecule has 0 spiro atoms. The predicted molar refractivity (Wildman–Crippen MR) is 108 cm³/mol. The number of hydrogen-bond acceptors (Lipinski definition) is 5. The molecule has 7 heteroatoms. The minimum Gasteiger partial charge on any atom is -0.321 e. The fourth-order valence-electron chi connectivity index (χ4n) is 3.67. The van der Waals surface area contributed by atoms with Crippen LogP contribution in [0.5, 0.6) is 0 Å². The molecular formula is C21H23N5O2. The third kappa shape index (κ3) is 4.09. The molecule has 2 N–H and O–H groups in total. The number of amides is 1. The molecule has 1 fully saturated rings. The molecule has 1 saturated heterocycles. The van der Waals surface area contributed by atoms with Gasteiger partial charge in [0, 0.05) is 18.8 Å². The molecular weight excluding hydrogens is 354 g/mol. The molecule has 3 aromatic rings. The lowest BCUT2D eigenvalue weighted by molar-refractivity contribution is 0.102. The highest BCUT2D eigenvalue weighted by Crippen LogP contribution is 2.19. The fourth-order valence-corrected chi connectivity index (χ4v) is 3.67. The van der Waals surface area contributed by atoms with Crippen LogP contribution >= 0.6 is 0 Å². The van der Waals surface area contributed by atoms with Crippen LogP contribution in [0.2, 0.25) is 0 Å². The van der Waals surface area contributed by atoms with Crippen LogP contribution in [0.25, 0.3) is 10.9 Å². The molecule has 0 radical (unpaired) electrons. The lowest BCUT2D eigenvalue weighted by Gasteiger charge is -2.30. The number of carbonyl (C=O) groups excluding carboxylic acids is 1. The van der Waals surface area contributed by atoms with Crippen molar-refractivity contribution in [3.63, 3.8) is 0 Å². The van der Waals surface area contributed by atoms with Crippen LogP contribution < -0.4 is 10.9 Å². The minimum absolute atomic E-state index is 0.178. The topological polar surface area (TPSA) is 91.0 Å². The second-order valence-electron chi connectivity index (χ2n) is 7.45. The number of pyridine rings is 1. The van der Waals surface area contributed by atoms with E-state index in [9.17, 15) is 9.59 Å². The summed E-state index contributed by atoms with van der Waals surface area (Å²) in [5, 5.41) is 3.17. The number of H-pyrrole nitrogens is 1. The number of hydrogen-bond donors (Lipinski definition) is 2. The molecule has 4 rings (SSSR count). The number of rotatable bonds is 4. The van der Waals surface area contributed by atoms with Crippen molar-refractivity contribution in [3.8, 4) is 0 Å². The predicted octanol–water partition coefficient (Wildman–Crippen LogP) is 2.80. The normalized spacial score (nSPS) is 17.5. The maximum Gasteiger partial charge on any atom is 0.274 e. The van der Waals surface area contributed by atoms with Crippen LogP contribution in [0.15, 0.2) is 47.7 Å². The SMILES string of the molecule is CC1CCCN(Cc2ccc(NC(=O)c3cc4c(=O)[nH]cnc4cn3)cc2)C1. The van der Waals surface area contributed by atoms with E-state index in [4.69, 9.17) is 0 Å². The van der Waals surface area contributed by atoms with Crippen molar-refractivity contribution >= 4 is 22.5 Å². The molecule has 1 atom stereocenters. The monoisotopic (exact) mass is 377 g/mol. The van der Waals surface area contributed by atoms with E-state index in [1.807, 2.05) is 24.3 Å². The molecule has 2 aromatic heterocycles. The van der Waals surface area contributed by atoms with Crippen LogP contribution in [-0.4, -0.2) is 38.8 Å². The van der Waals surface area contributed by atoms with Gasteiger partial charge in [0.1, 0.15) is 5.69 Å². The molecule has 1 unspecified atom stereocenters. The molecule has 0 bridgehead atoms. The lowest BCUT2D eigenvalue weighted by Crippen LogP contribution is -2.33. The first-order valence-electron chi connectivity index (χ1n) is 9.54. The summed E-state index contributed by atoms with van der Waals surface area (Å²) >= 11 is 0. The van der Waals surface area contributed by atoms with Crippen molar-refractivity contribution in [2.24, 2.45) is 5.92 Å². The maximum absolute atomic E-state index is 12.5. The van der Waals surface area contributed by atoms with Crippen molar-refractivity contribution in [3.05, 3.63) is 64.5 Å². The largest absolute Gasteiger partial charge is 0.321 e. The first-order chi connectivity index (χ1) is 13.6. The van der Waals surface area contributed by atoms with Crippen molar-refractivity contribution < 1.29 is 4.79 Å². The number of aromatic nitrogens is 3. The molecule has 0 aliphatic carbocycles. The van der Waals surface area contributed by atoms with Crippen LogP contribution in [-0.2, 0) is 6.54 Å². The number of piperidine rings is 1. The molecule has 3 heterocycles. The number of benzene rings is 1. The van der Waals surface area contributed by atoms with Crippen molar-refractivity contribution in [1.82, 2.24) is 19.9 Å². The third-order valence-electron chi connectivity index (χ3n) is 5.12. The number of likely N-dealkylation sites (tertiary alicyclic amines) is 1. The van der Waals surface area contributed by atoms with Gasteiger partial charge in [-0.2, -0.15) is 0 Å². The number of anilines is 1. The van der Waals surface area contributed by atoms with Gasteiger partial charge in [0.05, 0.1) is 23.4 Å². The molecule has 28 heavy (non-hydrogen) atoms. The maximum atomic E-state index is 12.5. The lowest BCUT2D eigenvalue weighted by atomic mass is 10.00. The smallest absolute Gasteiger partial charge is 0.274 e. The Morgan fingerprint density at radius 2 is 2.11 bits per heavy atom. The van der Waals surface area contributed by atoms with Gasteiger partial charge in [0.2, 0.25) is 0 Å². The average Bonchev–Trinajstić information content (AvgIpc) is 2.69. The van der Waals surface area contributed by atoms with Gasteiger partial charge in [-0.3, -0.25) is 14.5 Å². The average molecular weight is 377 g/mol. The zero-order chi connectivity index (χ0) is 19.5. The summed E-state index contributed by atoms with van der Waals surface area (Å²) in [7, 11) is 0. The number of nitrogens with one attached hydrogen (secondary N) is 2. The zero-order valence-electron chi connectivity index (χ0n) is 15.8. The van der Waals surface area contributed by atoms with Crippen molar-refractivity contribution in [1.29, 1.82) is 0 Å². The van der Waals surface area contributed by atoms with Gasteiger partial charge in [-0.25, -0.2) is 9.97 Å². The number of carbonyl (C=O) groups is 1. The van der Waals surface area contributed by atoms with E-state index in [0.29, 0.717) is 16.6 Å². The molecule has 0 saturated carbocycles. The highest BCUT2D eigenvalue weighted by atomic mass is 16.2. The minimum atomic E-state index is -0.359. The Balaban J connectivity index is 1.43. The van der Waals surface area contributed by atoms with E-state index in [1.165, 1.54) is 37.0 Å². The van der Waals surface area contributed by atoms with Gasteiger partial charge in [-0.1, -0.05) is 19.1 Å². The van der Waals surface area contributed by atoms with Gasteiger partial charge in [0.25, 0.3) is 11.5 Å². The number of aromatic amines is 1. The second-order valence-corrected chi connectivity index (χ2v) is 7.45. The summed E-state index contributed by atoms with van der Waals surface area (Å²) in [5.74, 6) is 0.395. The Labute approximate surface area is 162 Å². The molecule has 1 aliphatic rings. The van der Waals surface area contributed by atoms with Crippen molar-refractivity contribution in [2.75, 3.05) is 18.4 Å². The number of nitrogens with zero attached hydrogens (tertiary/aromatic N) is 3. The quantitative estimate of drug-likeness (QED) is 0.730. The molecule has 7 nitrogen and oxygen atoms in total. The van der Waals surface area contributed by atoms with E-state index >= 15 is 0 Å². The van der Waals surface area contributed by atoms with E-state index in [2.05, 4.69) is 32.1 Å². The summed E-state index contributed by atoms with van der Waals surface area (Å²) in [6.45, 7) is 5.51. The Morgan fingerprint density at radius 1 is 1.29 bits per heavy atom. The van der Waals surface area contributed by atoms with E-state index in [-0.39, 0.29) is 17.2 Å². The van der Waals surface area contributed by atoms with Crippen LogP contribution in [0.1, 0.15) is 35.8 Å². The molecule has 144 valence electrons. The van der Waals surface area contributed by atoms with Crippen molar-refractivity contribution in [2.45, 2.75) is 26.3 Å². The zero-order valence-corrected chi connectivity index (χ0v) is 15.8. The van der Waals surface area contributed by atoms with E-state index < -0.39 is 0 Å². The summed E-state index contributed by atoms with van der Waals surface area (Å²) in [5.41, 5.74) is 2.27. The fraction of sp³-hybridized carbons (Fsp3) is 0.333. The summed E-state index contributed by atoms with van der Waals surface area (Å²) < 4.78 is 0. The van der Waals surface area contributed by atoms with Crippen LogP contribution in [0.3, 0.4) is 0 Å². The van der Waals surface area contributed by atoms with Gasteiger partial charge in [0.15, 0.2) is 0 Å². The Morgan fingerprint density at radius 3 is 2.89 bits per heavy atom. The first-order valence-corrected chi connectivity index (χ1v) is 9.54. The van der Waals surface area contributed by atoms with Crippen LogP contribution in [0.4, 0.5) is 5.69 Å². The molecule has 1 aromatic carbocycles. The Bertz CT molecular complexity index is 1040. The van der Waals surface area contributed by atoms with Gasteiger partial charge in [-0.05, 0) is 49.1 Å². The highest BCUT2D eigenvalue weighted by molar-refractivity contribution is 6.04. The van der Waals surface area contributed by atoms with E-state index in [0.717, 1.165) is 25.6 Å². The summed E-state index contributed by atoms with van der Waals surface area (Å²) in [6, 6.07) is 9.34. The molecule has 1 amide bonds. The van der Waals surface area contributed by atoms with Crippen LogP contribution in [0, 0.1) is 5.92 Å². The Kier molecular flexibility index (Phi) is 5.16. The van der Waals surface area contributed by atoms with Gasteiger partial charge < -0.3 is 10.3 Å². The second kappa shape index (κ2) is 7.90. The summed E-state index contributed by atoms with van der Waals surface area (Å²) in [6.07, 6.45) is 5.32. The highest BCUT2D eigenvalue weighted by Gasteiger charge is 2.16. The Hall–Kier alpha value is -3.06. The van der Waals surface area contributed by atoms with Gasteiger partial charge >= 0.3 is 0 Å². The number of fused-ring (bicyclic) bond motifs is 1. The third-order valence-corrected chi connectivity index (χ3v) is 5.12. The van der Waals surface area contributed by atoms with Gasteiger partial charge in [-0.15, -0.1) is 0 Å².